The van der Waals surface area contributed by atoms with E-state index in [0.717, 1.165) is 19.4 Å². The van der Waals surface area contributed by atoms with Crippen molar-refractivity contribution in [3.63, 3.8) is 0 Å². The van der Waals surface area contributed by atoms with Gasteiger partial charge in [0.2, 0.25) is 0 Å². The first-order chi connectivity index (χ1) is 6.94. The Labute approximate surface area is 92.1 Å². The van der Waals surface area contributed by atoms with Crippen LogP contribution in [0.2, 0.25) is 0 Å². The molecule has 1 rings (SSSR count). The molecule has 0 saturated carbocycles. The number of hydrogen-bond acceptors (Lipinski definition) is 2. The van der Waals surface area contributed by atoms with E-state index in [1.54, 1.807) is 0 Å². The fourth-order valence-electron chi connectivity index (χ4n) is 1.76. The molecule has 0 aromatic carbocycles. The topological polar surface area (TPSA) is 29.5 Å². The average molecular weight is 211 g/mol. The predicted octanol–water partition coefficient (Wildman–Crippen LogP) is 2.96. The molecule has 1 unspecified atom stereocenters. The van der Waals surface area contributed by atoms with Gasteiger partial charge in [-0.2, -0.15) is 0 Å². The van der Waals surface area contributed by atoms with Gasteiger partial charge in [-0.15, -0.1) is 0 Å². The second-order valence-corrected chi connectivity index (χ2v) is 4.91. The van der Waals surface area contributed by atoms with Gasteiger partial charge in [-0.05, 0) is 40.5 Å². The Morgan fingerprint density at radius 1 is 1.47 bits per heavy atom. The molecule has 1 heterocycles. The smallest absolute Gasteiger partial charge is 0.410 e. The second-order valence-electron chi connectivity index (χ2n) is 4.91. The molecule has 86 valence electrons. The number of amides is 1. The molecule has 1 aliphatic heterocycles. The predicted molar refractivity (Wildman–Crippen MR) is 60.8 cm³/mol. The summed E-state index contributed by atoms with van der Waals surface area (Å²) in [7, 11) is 0. The number of rotatable bonds is 1. The second kappa shape index (κ2) is 4.69. The molecule has 0 aliphatic carbocycles. The minimum atomic E-state index is -0.403. The van der Waals surface area contributed by atoms with Gasteiger partial charge in [-0.1, -0.05) is 12.2 Å². The third-order valence-corrected chi connectivity index (χ3v) is 2.34. The molecule has 3 heteroatoms. The fourth-order valence-corrected chi connectivity index (χ4v) is 1.76. The molecule has 3 nitrogen and oxygen atoms in total. The van der Waals surface area contributed by atoms with Crippen molar-refractivity contribution in [2.24, 2.45) is 0 Å². The van der Waals surface area contributed by atoms with Gasteiger partial charge < -0.3 is 9.64 Å². The van der Waals surface area contributed by atoms with Crippen LogP contribution in [0.15, 0.2) is 12.2 Å². The van der Waals surface area contributed by atoms with Gasteiger partial charge in [0, 0.05) is 6.54 Å². The highest BCUT2D eigenvalue weighted by molar-refractivity contribution is 5.69. The van der Waals surface area contributed by atoms with Crippen LogP contribution in [0.4, 0.5) is 4.79 Å². The molecule has 1 atom stereocenters. The van der Waals surface area contributed by atoms with Crippen molar-refractivity contribution < 1.29 is 9.53 Å². The maximum atomic E-state index is 11.8. The first-order valence-corrected chi connectivity index (χ1v) is 5.56. The molecule has 0 radical (unpaired) electrons. The lowest BCUT2D eigenvalue weighted by Crippen LogP contribution is -2.39. The average Bonchev–Trinajstić information content (AvgIpc) is 2.49. The largest absolute Gasteiger partial charge is 0.444 e. The van der Waals surface area contributed by atoms with Gasteiger partial charge in [-0.25, -0.2) is 4.79 Å². The SMILES string of the molecule is C/C=C\C1CCCN1C(=O)OC(C)(C)C. The van der Waals surface area contributed by atoms with Crippen LogP contribution in [-0.2, 0) is 4.74 Å². The molecule has 0 aromatic rings. The zero-order valence-corrected chi connectivity index (χ0v) is 10.1. The maximum Gasteiger partial charge on any atom is 0.410 e. The van der Waals surface area contributed by atoms with Crippen molar-refractivity contribution in [2.45, 2.75) is 52.2 Å². The number of carbonyl (C=O) groups excluding carboxylic acids is 1. The Morgan fingerprint density at radius 2 is 2.13 bits per heavy atom. The van der Waals surface area contributed by atoms with Gasteiger partial charge in [0.1, 0.15) is 5.60 Å². The first-order valence-electron chi connectivity index (χ1n) is 5.56. The molecule has 0 spiro atoms. The van der Waals surface area contributed by atoms with Crippen molar-refractivity contribution in [1.82, 2.24) is 4.90 Å². The van der Waals surface area contributed by atoms with Crippen molar-refractivity contribution in [3.8, 4) is 0 Å². The fraction of sp³-hybridized carbons (Fsp3) is 0.750. The summed E-state index contributed by atoms with van der Waals surface area (Å²) < 4.78 is 5.35. The molecule has 1 saturated heterocycles. The Hall–Kier alpha value is -0.990. The number of likely N-dealkylation sites (tertiary alicyclic amines) is 1. The summed E-state index contributed by atoms with van der Waals surface area (Å²) in [4.78, 5) is 13.6. The van der Waals surface area contributed by atoms with E-state index in [9.17, 15) is 4.79 Å². The molecule has 1 amide bonds. The van der Waals surface area contributed by atoms with Crippen LogP contribution in [0.25, 0.3) is 0 Å². The van der Waals surface area contributed by atoms with Gasteiger partial charge in [0.25, 0.3) is 0 Å². The maximum absolute atomic E-state index is 11.8. The van der Waals surface area contributed by atoms with E-state index in [0.29, 0.717) is 0 Å². The lowest BCUT2D eigenvalue weighted by atomic mass is 10.2. The van der Waals surface area contributed by atoms with Crippen LogP contribution < -0.4 is 0 Å². The van der Waals surface area contributed by atoms with Crippen LogP contribution in [0, 0.1) is 0 Å². The third-order valence-electron chi connectivity index (χ3n) is 2.34. The van der Waals surface area contributed by atoms with Crippen LogP contribution in [0.1, 0.15) is 40.5 Å². The molecule has 0 N–H and O–H groups in total. The van der Waals surface area contributed by atoms with Gasteiger partial charge >= 0.3 is 6.09 Å². The molecular formula is C12H21NO2. The summed E-state index contributed by atoms with van der Waals surface area (Å²) in [6, 6.07) is 0.227. The van der Waals surface area contributed by atoms with Crippen LogP contribution in [0.3, 0.4) is 0 Å². The number of nitrogens with zero attached hydrogens (tertiary/aromatic N) is 1. The van der Waals surface area contributed by atoms with Crippen LogP contribution >= 0.6 is 0 Å². The number of hydrogen-bond donors (Lipinski definition) is 0. The lowest BCUT2D eigenvalue weighted by Gasteiger charge is -2.27. The standard InChI is InChI=1S/C12H21NO2/c1-5-7-10-8-6-9-13(10)11(14)15-12(2,3)4/h5,7,10H,6,8-9H2,1-4H3/b7-5-. The monoisotopic (exact) mass is 211 g/mol. The molecule has 1 aliphatic rings. The quantitative estimate of drug-likeness (QED) is 0.624. The van der Waals surface area contributed by atoms with Gasteiger partial charge in [0.15, 0.2) is 0 Å². The molecule has 15 heavy (non-hydrogen) atoms. The zero-order chi connectivity index (χ0) is 11.5. The lowest BCUT2D eigenvalue weighted by molar-refractivity contribution is 0.0256. The van der Waals surface area contributed by atoms with E-state index in [-0.39, 0.29) is 12.1 Å². The van der Waals surface area contributed by atoms with E-state index >= 15 is 0 Å². The molecule has 1 fully saturated rings. The Balaban J connectivity index is 2.59. The van der Waals surface area contributed by atoms with Crippen LogP contribution in [0.5, 0.6) is 0 Å². The number of allylic oxidation sites excluding steroid dienone is 1. The minimum absolute atomic E-state index is 0.192. The minimum Gasteiger partial charge on any atom is -0.444 e. The van der Waals surface area contributed by atoms with Crippen molar-refractivity contribution in [2.75, 3.05) is 6.54 Å². The highest BCUT2D eigenvalue weighted by atomic mass is 16.6. The van der Waals surface area contributed by atoms with Crippen molar-refractivity contribution in [3.05, 3.63) is 12.2 Å². The van der Waals surface area contributed by atoms with E-state index in [4.69, 9.17) is 4.74 Å². The Morgan fingerprint density at radius 3 is 2.67 bits per heavy atom. The number of ether oxygens (including phenoxy) is 1. The summed E-state index contributed by atoms with van der Waals surface area (Å²) in [5.41, 5.74) is -0.403. The summed E-state index contributed by atoms with van der Waals surface area (Å²) in [5.74, 6) is 0. The van der Waals surface area contributed by atoms with E-state index in [1.165, 1.54) is 0 Å². The van der Waals surface area contributed by atoms with Crippen molar-refractivity contribution in [1.29, 1.82) is 0 Å². The van der Waals surface area contributed by atoms with E-state index < -0.39 is 5.60 Å². The van der Waals surface area contributed by atoms with Gasteiger partial charge in [0.05, 0.1) is 6.04 Å². The third kappa shape index (κ3) is 3.57. The van der Waals surface area contributed by atoms with Crippen LogP contribution in [-0.4, -0.2) is 29.2 Å². The molecular weight excluding hydrogens is 190 g/mol. The molecule has 0 aromatic heterocycles. The number of carbonyl (C=O) groups is 1. The summed E-state index contributed by atoms with van der Waals surface area (Å²) in [6.07, 6.45) is 5.98. The summed E-state index contributed by atoms with van der Waals surface area (Å²) >= 11 is 0. The first kappa shape index (κ1) is 12.1. The summed E-state index contributed by atoms with van der Waals surface area (Å²) in [6.45, 7) is 8.47. The highest BCUT2D eigenvalue weighted by Gasteiger charge is 2.30. The molecule has 0 bridgehead atoms. The Bertz CT molecular complexity index is 253. The zero-order valence-electron chi connectivity index (χ0n) is 10.1. The Kier molecular flexibility index (Phi) is 3.77. The van der Waals surface area contributed by atoms with E-state index in [1.807, 2.05) is 38.7 Å². The highest BCUT2D eigenvalue weighted by Crippen LogP contribution is 2.21. The van der Waals surface area contributed by atoms with Gasteiger partial charge in [-0.3, -0.25) is 0 Å². The van der Waals surface area contributed by atoms with E-state index in [2.05, 4.69) is 6.08 Å². The van der Waals surface area contributed by atoms with Crippen molar-refractivity contribution >= 4 is 6.09 Å². The normalized spacial score (nSPS) is 22.4. The summed E-state index contributed by atoms with van der Waals surface area (Å²) in [5, 5.41) is 0.